The van der Waals surface area contributed by atoms with E-state index in [1.807, 2.05) is 27.7 Å². The number of rotatable bonds is 10. The molecule has 1 aliphatic heterocycles. The van der Waals surface area contributed by atoms with E-state index in [1.54, 1.807) is 18.2 Å². The van der Waals surface area contributed by atoms with E-state index in [2.05, 4.69) is 6.92 Å². The van der Waals surface area contributed by atoms with Crippen molar-refractivity contribution in [3.8, 4) is 5.75 Å². The number of aliphatic hydroxyl groups is 1. The predicted molar refractivity (Wildman–Crippen MR) is 105 cm³/mol. The van der Waals surface area contributed by atoms with Gasteiger partial charge in [-0.1, -0.05) is 25.5 Å². The van der Waals surface area contributed by atoms with Crippen molar-refractivity contribution in [2.45, 2.75) is 64.8 Å². The molecule has 0 bridgehead atoms. The average Bonchev–Trinajstić information content (AvgIpc) is 2.83. The normalized spacial score (nSPS) is 19.1. The van der Waals surface area contributed by atoms with Crippen LogP contribution in [0.5, 0.6) is 5.75 Å². The second-order valence-corrected chi connectivity index (χ2v) is 7.86. The molecular weight excluding hydrogens is 347 g/mol. The van der Waals surface area contributed by atoms with Crippen LogP contribution >= 0.6 is 0 Å². The maximum absolute atomic E-state index is 11.6. The molecule has 1 aromatic rings. The minimum Gasteiger partial charge on any atom is -0.491 e. The van der Waals surface area contributed by atoms with E-state index in [9.17, 15) is 9.90 Å². The van der Waals surface area contributed by atoms with Gasteiger partial charge in [-0.05, 0) is 40.2 Å². The molecule has 1 aliphatic rings. The Balaban J connectivity index is 2.11. The molecule has 1 heterocycles. The van der Waals surface area contributed by atoms with Gasteiger partial charge in [0, 0.05) is 17.6 Å². The summed E-state index contributed by atoms with van der Waals surface area (Å²) >= 11 is 0. The number of carbonyl (C=O) groups excluding carboxylic acids is 1. The van der Waals surface area contributed by atoms with Crippen LogP contribution in [-0.4, -0.2) is 55.6 Å². The number of hydrogen-bond donors (Lipinski definition) is 1. The number of hydrogen-bond acceptors (Lipinski definition) is 6. The molecule has 1 atom stereocenters. The van der Waals surface area contributed by atoms with Crippen molar-refractivity contribution in [1.82, 2.24) is 0 Å². The van der Waals surface area contributed by atoms with Crippen LogP contribution < -0.4 is 10.2 Å². The van der Waals surface area contributed by atoms with Crippen molar-refractivity contribution < 1.29 is 28.7 Å². The molecule has 0 saturated carbocycles. The van der Waals surface area contributed by atoms with Gasteiger partial charge in [-0.25, -0.2) is 0 Å². The molecule has 1 N–H and O–H groups in total. The topological polar surface area (TPSA) is 74.2 Å². The third kappa shape index (κ3) is 5.32. The highest BCUT2D eigenvalue weighted by atomic mass is 16.7. The maximum atomic E-state index is 11.6. The summed E-state index contributed by atoms with van der Waals surface area (Å²) in [6, 6.07) is 5.18. The van der Waals surface area contributed by atoms with Crippen molar-refractivity contribution >= 4 is 18.9 Å². The zero-order chi connectivity index (χ0) is 20.1. The molecule has 1 fully saturated rings. The lowest BCUT2D eigenvalue weighted by Gasteiger charge is -2.32. The SMILES string of the molecule is CCCCOC[C@H](O)COc1cccc(C=O)c1B1OC(C)(C)C(C)(C)O1. The Morgan fingerprint density at radius 2 is 1.85 bits per heavy atom. The number of aldehydes is 1. The van der Waals surface area contributed by atoms with E-state index in [-0.39, 0.29) is 13.2 Å². The summed E-state index contributed by atoms with van der Waals surface area (Å²) in [5, 5.41) is 10.1. The summed E-state index contributed by atoms with van der Waals surface area (Å²) in [4.78, 5) is 11.6. The van der Waals surface area contributed by atoms with Gasteiger partial charge in [-0.15, -0.1) is 0 Å². The van der Waals surface area contributed by atoms with E-state index >= 15 is 0 Å². The second-order valence-electron chi connectivity index (χ2n) is 7.86. The van der Waals surface area contributed by atoms with Gasteiger partial charge in [0.05, 0.1) is 17.8 Å². The van der Waals surface area contributed by atoms with E-state index in [4.69, 9.17) is 18.8 Å². The number of ether oxygens (including phenoxy) is 2. The van der Waals surface area contributed by atoms with Gasteiger partial charge in [-0.2, -0.15) is 0 Å². The van der Waals surface area contributed by atoms with Gasteiger partial charge in [-0.3, -0.25) is 4.79 Å². The fraction of sp³-hybridized carbons (Fsp3) is 0.650. The first-order valence-electron chi connectivity index (χ1n) is 9.54. The van der Waals surface area contributed by atoms with Gasteiger partial charge < -0.3 is 23.9 Å². The lowest BCUT2D eigenvalue weighted by Crippen LogP contribution is -2.41. The van der Waals surface area contributed by atoms with Crippen LogP contribution in [0.4, 0.5) is 0 Å². The zero-order valence-electron chi connectivity index (χ0n) is 17.0. The van der Waals surface area contributed by atoms with E-state index < -0.39 is 24.4 Å². The second kappa shape index (κ2) is 9.19. The third-order valence-corrected chi connectivity index (χ3v) is 5.10. The van der Waals surface area contributed by atoms with Gasteiger partial charge in [0.1, 0.15) is 24.7 Å². The molecular formula is C20H31BO6. The first-order chi connectivity index (χ1) is 12.7. The maximum Gasteiger partial charge on any atom is 0.499 e. The van der Waals surface area contributed by atoms with Gasteiger partial charge in [0.2, 0.25) is 0 Å². The highest BCUT2D eigenvalue weighted by molar-refractivity contribution is 6.64. The predicted octanol–water partition coefficient (Wildman–Crippen LogP) is 2.35. The first-order valence-corrected chi connectivity index (χ1v) is 9.54. The molecule has 2 rings (SSSR count). The summed E-state index contributed by atoms with van der Waals surface area (Å²) in [6.07, 6.45) is 2.01. The molecule has 150 valence electrons. The van der Waals surface area contributed by atoms with Crippen LogP contribution in [0.3, 0.4) is 0 Å². The number of benzene rings is 1. The van der Waals surface area contributed by atoms with Crippen LogP contribution in [0.15, 0.2) is 18.2 Å². The molecule has 1 saturated heterocycles. The number of aliphatic hydroxyl groups excluding tert-OH is 1. The first kappa shape index (κ1) is 21.9. The Hall–Kier alpha value is -1.41. The lowest BCUT2D eigenvalue weighted by molar-refractivity contribution is 0.00578. The zero-order valence-corrected chi connectivity index (χ0v) is 17.0. The lowest BCUT2D eigenvalue weighted by atomic mass is 9.75. The van der Waals surface area contributed by atoms with Crippen molar-refractivity contribution in [3.63, 3.8) is 0 Å². The Kier molecular flexibility index (Phi) is 7.45. The fourth-order valence-corrected chi connectivity index (χ4v) is 2.70. The Morgan fingerprint density at radius 3 is 2.44 bits per heavy atom. The molecule has 27 heavy (non-hydrogen) atoms. The monoisotopic (exact) mass is 378 g/mol. The number of unbranched alkanes of at least 4 members (excludes halogenated alkanes) is 1. The molecule has 0 aliphatic carbocycles. The molecule has 6 nitrogen and oxygen atoms in total. The van der Waals surface area contributed by atoms with E-state index in [0.717, 1.165) is 19.1 Å². The van der Waals surface area contributed by atoms with Crippen molar-refractivity contribution in [3.05, 3.63) is 23.8 Å². The Bertz CT molecular complexity index is 615. The largest absolute Gasteiger partial charge is 0.499 e. The van der Waals surface area contributed by atoms with E-state index in [1.165, 1.54) is 0 Å². The van der Waals surface area contributed by atoms with E-state index in [0.29, 0.717) is 23.4 Å². The smallest absolute Gasteiger partial charge is 0.491 e. The summed E-state index contributed by atoms with van der Waals surface area (Å²) in [5.41, 5.74) is -0.0697. The van der Waals surface area contributed by atoms with Crippen LogP contribution in [-0.2, 0) is 14.0 Å². The molecule has 0 amide bonds. The molecule has 0 aromatic heterocycles. The van der Waals surface area contributed by atoms with Gasteiger partial charge in [0.25, 0.3) is 0 Å². The average molecular weight is 378 g/mol. The Labute approximate surface area is 162 Å². The third-order valence-electron chi connectivity index (χ3n) is 5.10. The quantitative estimate of drug-likeness (QED) is 0.383. The van der Waals surface area contributed by atoms with Gasteiger partial charge in [0.15, 0.2) is 0 Å². The standard InChI is InChI=1S/C20H31BO6/c1-6-7-11-24-13-16(23)14-25-17-10-8-9-15(12-22)18(17)21-26-19(2,3)20(4,5)27-21/h8-10,12,16,23H,6-7,11,13-14H2,1-5H3/t16-/m0/s1. The van der Waals surface area contributed by atoms with Gasteiger partial charge >= 0.3 is 7.12 Å². The fourth-order valence-electron chi connectivity index (χ4n) is 2.70. The molecule has 7 heteroatoms. The van der Waals surface area contributed by atoms with Crippen LogP contribution in [0.2, 0.25) is 0 Å². The minimum atomic E-state index is -0.757. The van der Waals surface area contributed by atoms with Crippen LogP contribution in [0, 0.1) is 0 Å². The summed E-state index contributed by atoms with van der Waals surface area (Å²) in [5.74, 6) is 0.464. The van der Waals surface area contributed by atoms with Crippen molar-refractivity contribution in [2.75, 3.05) is 19.8 Å². The summed E-state index contributed by atoms with van der Waals surface area (Å²) < 4.78 is 23.4. The van der Waals surface area contributed by atoms with Crippen LogP contribution in [0.1, 0.15) is 57.8 Å². The Morgan fingerprint density at radius 1 is 1.19 bits per heavy atom. The molecule has 0 unspecified atom stereocenters. The molecule has 0 spiro atoms. The summed E-state index contributed by atoms with van der Waals surface area (Å²) in [7, 11) is -0.718. The minimum absolute atomic E-state index is 0.0565. The summed E-state index contributed by atoms with van der Waals surface area (Å²) in [6.45, 7) is 10.8. The highest BCUT2D eigenvalue weighted by Gasteiger charge is 2.53. The number of carbonyl (C=O) groups is 1. The van der Waals surface area contributed by atoms with Crippen molar-refractivity contribution in [2.24, 2.45) is 0 Å². The van der Waals surface area contributed by atoms with Crippen molar-refractivity contribution in [1.29, 1.82) is 0 Å². The van der Waals surface area contributed by atoms with Crippen LogP contribution in [0.25, 0.3) is 0 Å². The highest BCUT2D eigenvalue weighted by Crippen LogP contribution is 2.37. The molecule has 1 aromatic carbocycles. The molecule has 0 radical (unpaired) electrons.